The van der Waals surface area contributed by atoms with E-state index in [4.69, 9.17) is 10.8 Å². The van der Waals surface area contributed by atoms with Crippen LogP contribution in [0.5, 0.6) is 11.5 Å². The number of benzene rings is 1. The van der Waals surface area contributed by atoms with Crippen LogP contribution in [0.4, 0.5) is 13.2 Å². The lowest BCUT2D eigenvalue weighted by molar-refractivity contribution is -0.0522. The van der Waals surface area contributed by atoms with Crippen molar-refractivity contribution in [1.29, 1.82) is 0 Å². The van der Waals surface area contributed by atoms with Crippen LogP contribution in [-0.4, -0.2) is 17.8 Å². The van der Waals surface area contributed by atoms with Crippen molar-refractivity contribution in [3.05, 3.63) is 24.0 Å². The van der Waals surface area contributed by atoms with Gasteiger partial charge < -0.3 is 15.6 Å². The van der Waals surface area contributed by atoms with Crippen molar-refractivity contribution in [2.45, 2.75) is 31.9 Å². The smallest absolute Gasteiger partial charge is 0.387 e. The van der Waals surface area contributed by atoms with Gasteiger partial charge in [-0.15, -0.1) is 0 Å². The molecule has 0 aliphatic heterocycles. The highest BCUT2D eigenvalue weighted by Crippen LogP contribution is 2.23. The van der Waals surface area contributed by atoms with Crippen LogP contribution in [0.25, 0.3) is 0 Å². The van der Waals surface area contributed by atoms with Crippen molar-refractivity contribution in [2.24, 2.45) is 5.73 Å². The summed E-state index contributed by atoms with van der Waals surface area (Å²) in [6.45, 7) is -3.10. The molecule has 1 aliphatic carbocycles. The van der Waals surface area contributed by atoms with Crippen molar-refractivity contribution in [1.82, 2.24) is 0 Å². The Hall–Kier alpha value is -1.43. The minimum absolute atomic E-state index is 0.327. The van der Waals surface area contributed by atoms with Gasteiger partial charge in [-0.2, -0.15) is 8.78 Å². The van der Waals surface area contributed by atoms with Gasteiger partial charge in [0, 0.05) is 12.1 Å². The summed E-state index contributed by atoms with van der Waals surface area (Å²) in [6, 6.07) is 3.22. The summed E-state index contributed by atoms with van der Waals surface area (Å²) in [5.41, 5.74) is 5.38. The quantitative estimate of drug-likeness (QED) is 0.847. The molecule has 0 saturated heterocycles. The molecule has 3 nitrogen and oxygen atoms in total. The lowest BCUT2D eigenvalue weighted by atomic mass is 9.95. The zero-order valence-electron chi connectivity index (χ0n) is 9.07. The maximum atomic E-state index is 12.6. The largest absolute Gasteiger partial charge is 0.508 e. The number of hydrogen-bond donors (Lipinski definition) is 2. The first kappa shape index (κ1) is 13.6. The van der Waals surface area contributed by atoms with Crippen LogP contribution in [-0.2, 0) is 0 Å². The third kappa shape index (κ3) is 4.95. The highest BCUT2D eigenvalue weighted by atomic mass is 19.3. The Morgan fingerprint density at radius 2 is 1.94 bits per heavy atom. The first-order chi connectivity index (χ1) is 7.99. The molecule has 3 N–H and O–H groups in total. The molecule has 0 amide bonds. The molecule has 0 radical (unpaired) electrons. The number of halogens is 3. The highest BCUT2D eigenvalue weighted by Gasteiger charge is 2.10. The van der Waals surface area contributed by atoms with Gasteiger partial charge in [0.05, 0.1) is 0 Å². The molecule has 0 spiro atoms. The van der Waals surface area contributed by atoms with Crippen LogP contribution < -0.4 is 10.5 Å². The minimum Gasteiger partial charge on any atom is -0.508 e. The molecule has 1 aliphatic rings. The summed E-state index contributed by atoms with van der Waals surface area (Å²) in [4.78, 5) is 0. The van der Waals surface area contributed by atoms with Crippen molar-refractivity contribution in [3.8, 4) is 11.5 Å². The zero-order chi connectivity index (χ0) is 12.8. The van der Waals surface area contributed by atoms with E-state index in [1.807, 2.05) is 0 Å². The molecule has 17 heavy (non-hydrogen) atoms. The van der Waals surface area contributed by atoms with E-state index in [9.17, 15) is 13.2 Å². The summed E-state index contributed by atoms with van der Waals surface area (Å²) in [6.07, 6.45) is 3.89. The predicted octanol–water partition coefficient (Wildman–Crippen LogP) is 2.63. The van der Waals surface area contributed by atoms with E-state index in [0.29, 0.717) is 6.04 Å². The average molecular weight is 249 g/mol. The number of hydrogen-bond acceptors (Lipinski definition) is 3. The van der Waals surface area contributed by atoms with Gasteiger partial charge in [0.25, 0.3) is 0 Å². The topological polar surface area (TPSA) is 55.5 Å². The third-order valence-electron chi connectivity index (χ3n) is 2.28. The van der Waals surface area contributed by atoms with Crippen LogP contribution in [0, 0.1) is 5.82 Å². The minimum atomic E-state index is -3.10. The summed E-state index contributed by atoms with van der Waals surface area (Å²) in [7, 11) is 0. The molecular formula is C11H14F3NO2. The van der Waals surface area contributed by atoms with E-state index >= 15 is 0 Å². The molecule has 0 bridgehead atoms. The van der Waals surface area contributed by atoms with Crippen molar-refractivity contribution in [2.75, 3.05) is 0 Å². The maximum absolute atomic E-state index is 12.6. The van der Waals surface area contributed by atoms with Gasteiger partial charge in [0.1, 0.15) is 5.75 Å². The Balaban J connectivity index is 0.000000239. The first-order valence-corrected chi connectivity index (χ1v) is 5.18. The third-order valence-corrected chi connectivity index (χ3v) is 2.28. The number of phenolic OH excluding ortho intramolecular Hbond substituents is 1. The standard InChI is InChI=1S/C7H5F3O2.C4H9N/c8-5-2-1-4(11)3-6(5)12-7(9)10;5-4-2-1-3-4/h1-3,7,11H;4H,1-3,5H2. The Kier molecular flexibility index (Phi) is 5.09. The van der Waals surface area contributed by atoms with Crippen molar-refractivity contribution < 1.29 is 23.0 Å². The van der Waals surface area contributed by atoms with E-state index in [2.05, 4.69) is 4.74 Å². The Labute approximate surface area is 97.0 Å². The molecule has 1 aromatic rings. The van der Waals surface area contributed by atoms with Crippen molar-refractivity contribution in [3.63, 3.8) is 0 Å². The molecule has 1 saturated carbocycles. The lowest BCUT2D eigenvalue weighted by Crippen LogP contribution is -2.27. The second-order valence-corrected chi connectivity index (χ2v) is 3.68. The second-order valence-electron chi connectivity index (χ2n) is 3.68. The number of ether oxygens (including phenoxy) is 1. The first-order valence-electron chi connectivity index (χ1n) is 5.18. The van der Waals surface area contributed by atoms with Crippen LogP contribution in [0.2, 0.25) is 0 Å². The van der Waals surface area contributed by atoms with E-state index in [1.54, 1.807) is 0 Å². The summed E-state index contributed by atoms with van der Waals surface area (Å²) >= 11 is 0. The summed E-state index contributed by atoms with van der Waals surface area (Å²) in [5, 5.41) is 8.76. The molecule has 6 heteroatoms. The Morgan fingerprint density at radius 1 is 1.35 bits per heavy atom. The fraction of sp³-hybridized carbons (Fsp3) is 0.455. The van der Waals surface area contributed by atoms with Gasteiger partial charge in [-0.1, -0.05) is 6.42 Å². The number of rotatable bonds is 2. The Morgan fingerprint density at radius 3 is 2.35 bits per heavy atom. The van der Waals surface area contributed by atoms with E-state index < -0.39 is 18.2 Å². The molecule has 2 rings (SSSR count). The molecule has 1 aromatic carbocycles. The fourth-order valence-corrected chi connectivity index (χ4v) is 1.12. The fourth-order valence-electron chi connectivity index (χ4n) is 1.12. The van der Waals surface area contributed by atoms with Gasteiger partial charge in [-0.05, 0) is 25.0 Å². The van der Waals surface area contributed by atoms with Gasteiger partial charge in [0.2, 0.25) is 0 Å². The zero-order valence-corrected chi connectivity index (χ0v) is 9.07. The number of aromatic hydroxyl groups is 1. The highest BCUT2D eigenvalue weighted by molar-refractivity contribution is 5.33. The predicted molar refractivity (Wildman–Crippen MR) is 56.5 cm³/mol. The van der Waals surface area contributed by atoms with Crippen LogP contribution in [0.3, 0.4) is 0 Å². The van der Waals surface area contributed by atoms with E-state index in [1.165, 1.54) is 19.3 Å². The van der Waals surface area contributed by atoms with Gasteiger partial charge in [-0.3, -0.25) is 0 Å². The SMILES string of the molecule is NC1CCC1.Oc1ccc(F)c(OC(F)F)c1. The molecule has 1 fully saturated rings. The molecule has 96 valence electrons. The van der Waals surface area contributed by atoms with Crippen molar-refractivity contribution >= 4 is 0 Å². The Bertz CT molecular complexity index is 357. The van der Waals surface area contributed by atoms with Gasteiger partial charge >= 0.3 is 6.61 Å². The average Bonchev–Trinajstić information content (AvgIpc) is 2.21. The summed E-state index contributed by atoms with van der Waals surface area (Å²) in [5.74, 6) is -1.93. The van der Waals surface area contributed by atoms with E-state index in [0.717, 1.165) is 18.2 Å². The maximum Gasteiger partial charge on any atom is 0.387 e. The summed E-state index contributed by atoms with van der Waals surface area (Å²) < 4.78 is 39.4. The molecule has 0 aromatic heterocycles. The monoisotopic (exact) mass is 249 g/mol. The lowest BCUT2D eigenvalue weighted by Gasteiger charge is -2.18. The molecular weight excluding hydrogens is 235 g/mol. The number of nitrogens with two attached hydrogens (primary N) is 1. The van der Waals surface area contributed by atoms with Crippen LogP contribution >= 0.6 is 0 Å². The van der Waals surface area contributed by atoms with Crippen LogP contribution in [0.1, 0.15) is 19.3 Å². The number of phenols is 1. The normalized spacial score (nSPS) is 14.9. The molecule has 0 heterocycles. The molecule has 0 unspecified atom stereocenters. The second kappa shape index (κ2) is 6.34. The van der Waals surface area contributed by atoms with E-state index in [-0.39, 0.29) is 5.75 Å². The van der Waals surface area contributed by atoms with Crippen LogP contribution in [0.15, 0.2) is 18.2 Å². The van der Waals surface area contributed by atoms with Gasteiger partial charge in [0.15, 0.2) is 11.6 Å². The number of alkyl halides is 2. The van der Waals surface area contributed by atoms with Gasteiger partial charge in [-0.25, -0.2) is 4.39 Å². The molecule has 0 atom stereocenters.